The van der Waals surface area contributed by atoms with Crippen LogP contribution in [-0.2, 0) is 11.2 Å². The standard InChI is InChI=1S/C35H37ClN8O3/c1-46-30-23-31(47-2)28(36)22-27(30)29-24-44-11-9-26(21-33(44)38-29)40-12-18-43(19-13-40)35-37-10-8-32(39-35)41-14-16-42(17-15-41)34(45)20-25-6-4-3-5-7-25/h3-11,21-24H,12-20H2,1-2H3. The van der Waals surface area contributed by atoms with Crippen LogP contribution in [0.3, 0.4) is 0 Å². The van der Waals surface area contributed by atoms with E-state index in [-0.39, 0.29) is 5.91 Å². The Labute approximate surface area is 278 Å². The number of benzene rings is 2. The van der Waals surface area contributed by atoms with Gasteiger partial charge in [0.1, 0.15) is 23.0 Å². The van der Waals surface area contributed by atoms with Gasteiger partial charge in [-0.2, -0.15) is 4.98 Å². The minimum atomic E-state index is 0.173. The molecule has 0 aliphatic carbocycles. The van der Waals surface area contributed by atoms with E-state index in [9.17, 15) is 4.79 Å². The van der Waals surface area contributed by atoms with E-state index in [1.165, 1.54) is 0 Å². The maximum Gasteiger partial charge on any atom is 0.227 e. The Morgan fingerprint density at radius 1 is 0.809 bits per heavy atom. The molecular formula is C35H37ClN8O3. The van der Waals surface area contributed by atoms with Crippen molar-refractivity contribution in [2.24, 2.45) is 0 Å². The molecule has 47 heavy (non-hydrogen) atoms. The predicted octanol–water partition coefficient (Wildman–Crippen LogP) is 4.68. The number of ether oxygens (including phenoxy) is 2. The lowest BCUT2D eigenvalue weighted by molar-refractivity contribution is -0.130. The fourth-order valence-corrected chi connectivity index (χ4v) is 6.50. The second kappa shape index (κ2) is 13.4. The monoisotopic (exact) mass is 652 g/mol. The number of aromatic nitrogens is 4. The summed E-state index contributed by atoms with van der Waals surface area (Å²) in [6.45, 7) is 6.15. The third kappa shape index (κ3) is 6.48. The number of halogens is 1. The summed E-state index contributed by atoms with van der Waals surface area (Å²) >= 11 is 6.43. The summed E-state index contributed by atoms with van der Waals surface area (Å²) in [5.74, 6) is 3.02. The van der Waals surface area contributed by atoms with E-state index in [0.717, 1.165) is 79.2 Å². The Hall–Kier alpha value is -5.03. The number of carbonyl (C=O) groups excluding carboxylic acids is 1. The van der Waals surface area contributed by atoms with Crippen LogP contribution in [0.4, 0.5) is 17.5 Å². The number of fused-ring (bicyclic) bond motifs is 1. The van der Waals surface area contributed by atoms with E-state index in [1.807, 2.05) is 70.4 Å². The first kappa shape index (κ1) is 30.6. The van der Waals surface area contributed by atoms with Gasteiger partial charge in [0.2, 0.25) is 11.9 Å². The van der Waals surface area contributed by atoms with Gasteiger partial charge in [0, 0.05) is 94.3 Å². The summed E-state index contributed by atoms with van der Waals surface area (Å²) in [5.41, 5.74) is 4.58. The Balaban J connectivity index is 0.972. The van der Waals surface area contributed by atoms with Crippen LogP contribution in [0.5, 0.6) is 11.5 Å². The Bertz CT molecular complexity index is 1870. The van der Waals surface area contributed by atoms with Crippen molar-refractivity contribution in [1.82, 2.24) is 24.3 Å². The SMILES string of the molecule is COc1cc(OC)c(-c2cn3ccc(N4CCN(c5nccc(N6CCN(C(=O)Cc7ccccc7)CC6)n5)CC4)cc3n2)cc1Cl. The van der Waals surface area contributed by atoms with Crippen LogP contribution in [0.2, 0.25) is 5.02 Å². The number of hydrogen-bond donors (Lipinski definition) is 0. The van der Waals surface area contributed by atoms with Gasteiger partial charge in [0.05, 0.1) is 31.4 Å². The molecule has 2 fully saturated rings. The molecule has 242 valence electrons. The Kier molecular flexibility index (Phi) is 8.71. The van der Waals surface area contributed by atoms with Crippen molar-refractivity contribution >= 4 is 40.6 Å². The molecule has 0 radical (unpaired) electrons. The molecule has 7 rings (SSSR count). The first-order valence-electron chi connectivity index (χ1n) is 15.8. The fraction of sp³-hybridized carbons (Fsp3) is 0.314. The van der Waals surface area contributed by atoms with Crippen LogP contribution in [0.25, 0.3) is 16.9 Å². The van der Waals surface area contributed by atoms with Crippen molar-refractivity contribution in [2.45, 2.75) is 6.42 Å². The molecule has 3 aromatic heterocycles. The van der Waals surface area contributed by atoms with Gasteiger partial charge in [-0.05, 0) is 23.8 Å². The van der Waals surface area contributed by atoms with Crippen molar-refractivity contribution in [3.8, 4) is 22.8 Å². The molecule has 2 aliphatic rings. The van der Waals surface area contributed by atoms with Gasteiger partial charge >= 0.3 is 0 Å². The second-order valence-corrected chi connectivity index (χ2v) is 12.1. The van der Waals surface area contributed by atoms with Crippen LogP contribution >= 0.6 is 11.6 Å². The van der Waals surface area contributed by atoms with Gasteiger partial charge in [-0.15, -0.1) is 0 Å². The number of nitrogens with zero attached hydrogens (tertiary/aromatic N) is 8. The topological polar surface area (TPSA) is 91.6 Å². The summed E-state index contributed by atoms with van der Waals surface area (Å²) in [5, 5.41) is 0.502. The quantitative estimate of drug-likeness (QED) is 0.237. The molecule has 5 heterocycles. The molecule has 5 aromatic rings. The molecule has 0 bridgehead atoms. The van der Waals surface area contributed by atoms with Crippen LogP contribution in [0, 0.1) is 0 Å². The van der Waals surface area contributed by atoms with Crippen molar-refractivity contribution in [1.29, 1.82) is 0 Å². The van der Waals surface area contributed by atoms with Crippen LogP contribution in [-0.4, -0.2) is 96.7 Å². The zero-order valence-corrected chi connectivity index (χ0v) is 27.3. The second-order valence-electron chi connectivity index (χ2n) is 11.7. The van der Waals surface area contributed by atoms with E-state index in [1.54, 1.807) is 20.3 Å². The lowest BCUT2D eigenvalue weighted by Crippen LogP contribution is -2.50. The third-order valence-electron chi connectivity index (χ3n) is 8.90. The number of imidazole rings is 1. The predicted molar refractivity (Wildman–Crippen MR) is 184 cm³/mol. The van der Waals surface area contributed by atoms with Crippen molar-refractivity contribution in [2.75, 3.05) is 81.3 Å². The molecule has 0 N–H and O–H groups in total. The number of anilines is 3. The van der Waals surface area contributed by atoms with Crippen molar-refractivity contribution in [3.63, 3.8) is 0 Å². The van der Waals surface area contributed by atoms with E-state index < -0.39 is 0 Å². The average Bonchev–Trinajstić information content (AvgIpc) is 3.56. The lowest BCUT2D eigenvalue weighted by atomic mass is 10.1. The van der Waals surface area contributed by atoms with Crippen molar-refractivity contribution < 1.29 is 14.3 Å². The Morgan fingerprint density at radius 3 is 2.28 bits per heavy atom. The molecule has 11 nitrogen and oxygen atoms in total. The molecule has 0 atom stereocenters. The number of pyridine rings is 1. The number of piperazine rings is 2. The average molecular weight is 653 g/mol. The molecule has 2 aliphatic heterocycles. The summed E-state index contributed by atoms with van der Waals surface area (Å²) in [6.07, 6.45) is 6.29. The summed E-state index contributed by atoms with van der Waals surface area (Å²) in [6, 6.07) is 19.7. The number of rotatable bonds is 8. The smallest absolute Gasteiger partial charge is 0.227 e. The molecule has 2 saturated heterocycles. The highest BCUT2D eigenvalue weighted by atomic mass is 35.5. The highest BCUT2D eigenvalue weighted by Gasteiger charge is 2.24. The van der Waals surface area contributed by atoms with Crippen LogP contribution < -0.4 is 24.2 Å². The zero-order valence-electron chi connectivity index (χ0n) is 26.5. The molecule has 2 aromatic carbocycles. The summed E-state index contributed by atoms with van der Waals surface area (Å²) in [4.78, 5) is 36.1. The van der Waals surface area contributed by atoms with E-state index in [4.69, 9.17) is 31.0 Å². The first-order valence-corrected chi connectivity index (χ1v) is 16.2. The van der Waals surface area contributed by atoms with Gasteiger partial charge in [-0.3, -0.25) is 4.79 Å². The molecule has 12 heteroatoms. The van der Waals surface area contributed by atoms with E-state index in [2.05, 4.69) is 31.8 Å². The normalized spacial score (nSPS) is 15.3. The van der Waals surface area contributed by atoms with Gasteiger partial charge in [-0.25, -0.2) is 9.97 Å². The maximum atomic E-state index is 12.8. The van der Waals surface area contributed by atoms with Gasteiger partial charge in [0.15, 0.2) is 0 Å². The molecular weight excluding hydrogens is 616 g/mol. The van der Waals surface area contributed by atoms with E-state index >= 15 is 0 Å². The highest BCUT2D eigenvalue weighted by molar-refractivity contribution is 6.32. The molecule has 0 spiro atoms. The minimum Gasteiger partial charge on any atom is -0.496 e. The summed E-state index contributed by atoms with van der Waals surface area (Å²) < 4.78 is 13.0. The molecule has 0 unspecified atom stereocenters. The largest absolute Gasteiger partial charge is 0.496 e. The minimum absolute atomic E-state index is 0.173. The highest BCUT2D eigenvalue weighted by Crippen LogP contribution is 2.38. The van der Waals surface area contributed by atoms with Crippen molar-refractivity contribution in [3.05, 3.63) is 89.8 Å². The third-order valence-corrected chi connectivity index (χ3v) is 9.20. The number of methoxy groups -OCH3 is 2. The molecule has 0 saturated carbocycles. The maximum absolute atomic E-state index is 12.8. The fourth-order valence-electron chi connectivity index (χ4n) is 6.26. The Morgan fingerprint density at radius 2 is 1.53 bits per heavy atom. The van der Waals surface area contributed by atoms with Gasteiger partial charge in [0.25, 0.3) is 0 Å². The first-order chi connectivity index (χ1) is 23.0. The number of carbonyl (C=O) groups is 1. The molecule has 1 amide bonds. The van der Waals surface area contributed by atoms with Crippen LogP contribution in [0.15, 0.2) is 79.3 Å². The lowest BCUT2D eigenvalue weighted by Gasteiger charge is -2.37. The zero-order chi connectivity index (χ0) is 32.3. The van der Waals surface area contributed by atoms with Crippen LogP contribution in [0.1, 0.15) is 5.56 Å². The summed E-state index contributed by atoms with van der Waals surface area (Å²) in [7, 11) is 3.21. The van der Waals surface area contributed by atoms with Gasteiger partial charge in [-0.1, -0.05) is 41.9 Å². The number of hydrogen-bond acceptors (Lipinski definition) is 9. The van der Waals surface area contributed by atoms with Gasteiger partial charge < -0.3 is 33.5 Å². The van der Waals surface area contributed by atoms with E-state index in [0.29, 0.717) is 36.0 Å². The number of amides is 1.